The first-order valence-corrected chi connectivity index (χ1v) is 15.8. The summed E-state index contributed by atoms with van der Waals surface area (Å²) in [7, 11) is 0. The zero-order chi connectivity index (χ0) is 28.5. The molecule has 3 rings (SSSR count). The molecule has 1 heterocycles. The third kappa shape index (κ3) is 13.4. The van der Waals surface area contributed by atoms with E-state index in [2.05, 4.69) is 18.8 Å². The smallest absolute Gasteiger partial charge is 0.163 e. The van der Waals surface area contributed by atoms with E-state index in [0.29, 0.717) is 13.0 Å². The minimum Gasteiger partial charge on any atom is -0.489 e. The van der Waals surface area contributed by atoms with E-state index in [9.17, 15) is 5.11 Å². The highest BCUT2D eigenvalue weighted by Crippen LogP contribution is 2.31. The van der Waals surface area contributed by atoms with Crippen LogP contribution in [-0.4, -0.2) is 29.2 Å². The van der Waals surface area contributed by atoms with E-state index in [1.165, 1.54) is 70.6 Å². The first-order chi connectivity index (χ1) is 19.4. The van der Waals surface area contributed by atoms with Crippen molar-refractivity contribution in [2.75, 3.05) is 0 Å². The van der Waals surface area contributed by atoms with Gasteiger partial charge in [0.2, 0.25) is 0 Å². The Hall–Kier alpha value is -2.32. The fourth-order valence-corrected chi connectivity index (χ4v) is 5.43. The zero-order valence-electron chi connectivity index (χ0n) is 25.2. The van der Waals surface area contributed by atoms with Crippen molar-refractivity contribution in [1.82, 2.24) is 0 Å². The number of rotatable bonds is 17. The molecule has 2 aromatic rings. The minimum absolute atomic E-state index is 0.0560. The molecule has 0 amide bonds. The Balaban J connectivity index is 1.33. The molecule has 4 nitrogen and oxygen atoms in total. The summed E-state index contributed by atoms with van der Waals surface area (Å²) in [6.07, 6.45) is 16.6. The predicted octanol–water partition coefficient (Wildman–Crippen LogP) is 8.98. The Morgan fingerprint density at radius 2 is 1.43 bits per heavy atom. The Morgan fingerprint density at radius 1 is 0.825 bits per heavy atom. The van der Waals surface area contributed by atoms with Gasteiger partial charge < -0.3 is 19.3 Å². The van der Waals surface area contributed by atoms with Crippen molar-refractivity contribution in [1.29, 1.82) is 0 Å². The van der Waals surface area contributed by atoms with Crippen molar-refractivity contribution in [3.05, 3.63) is 65.7 Å². The summed E-state index contributed by atoms with van der Waals surface area (Å²) >= 11 is 0. The largest absolute Gasteiger partial charge is 0.489 e. The highest BCUT2D eigenvalue weighted by molar-refractivity contribution is 5.38. The summed E-state index contributed by atoms with van der Waals surface area (Å²) in [5.41, 5.74) is 1.99. The fraction of sp³-hybridized carbons (Fsp3) is 0.611. The van der Waals surface area contributed by atoms with Crippen molar-refractivity contribution in [3.63, 3.8) is 0 Å². The molecule has 4 heteroatoms. The summed E-state index contributed by atoms with van der Waals surface area (Å²) < 4.78 is 18.2. The second-order valence-electron chi connectivity index (χ2n) is 11.8. The van der Waals surface area contributed by atoms with Gasteiger partial charge in [-0.25, -0.2) is 0 Å². The van der Waals surface area contributed by atoms with E-state index < -0.39 is 11.9 Å². The molecule has 1 saturated heterocycles. The van der Waals surface area contributed by atoms with Gasteiger partial charge in [-0.3, -0.25) is 0 Å². The minimum atomic E-state index is -0.740. The molecule has 40 heavy (non-hydrogen) atoms. The molecule has 1 aliphatic heterocycles. The normalized spacial score (nSPS) is 19.0. The standard InChI is InChI=1S/C36H52O4/c1-4-5-6-7-8-9-10-11-12-13-17-20-34-28-35(40-36(2,3)39-34)27-32(37)24-21-30-22-25-33(26-23-30)38-29-31-18-15-14-16-19-31/h14-16,18-19,22-23,25-26,32,34-35,37H,4-13,17,20,27-29H2,1-3H3/t32?,34-,35+/m1/s1. The second kappa shape index (κ2) is 18.2. The molecule has 0 bridgehead atoms. The van der Waals surface area contributed by atoms with Gasteiger partial charge in [0.25, 0.3) is 0 Å². The third-order valence-electron chi connectivity index (χ3n) is 7.53. The summed E-state index contributed by atoms with van der Waals surface area (Å²) in [5, 5.41) is 10.6. The lowest BCUT2D eigenvalue weighted by Crippen LogP contribution is -2.45. The molecule has 0 aliphatic carbocycles. The lowest BCUT2D eigenvalue weighted by Gasteiger charge is -2.41. The van der Waals surface area contributed by atoms with Crippen molar-refractivity contribution in [2.24, 2.45) is 0 Å². The molecular weight excluding hydrogens is 496 g/mol. The van der Waals surface area contributed by atoms with E-state index >= 15 is 0 Å². The van der Waals surface area contributed by atoms with E-state index in [-0.39, 0.29) is 12.2 Å². The highest BCUT2D eigenvalue weighted by Gasteiger charge is 2.35. The maximum Gasteiger partial charge on any atom is 0.163 e. The third-order valence-corrected chi connectivity index (χ3v) is 7.53. The van der Waals surface area contributed by atoms with Crippen LogP contribution in [-0.2, 0) is 16.1 Å². The van der Waals surface area contributed by atoms with E-state index in [0.717, 1.165) is 29.7 Å². The average molecular weight is 549 g/mol. The predicted molar refractivity (Wildman–Crippen MR) is 164 cm³/mol. The maximum atomic E-state index is 10.6. The van der Waals surface area contributed by atoms with Crippen LogP contribution in [0.5, 0.6) is 5.75 Å². The van der Waals surface area contributed by atoms with Gasteiger partial charge in [0.05, 0.1) is 12.2 Å². The Bertz CT molecular complexity index is 989. The number of aliphatic hydroxyl groups is 1. The van der Waals surface area contributed by atoms with Crippen LogP contribution in [0.3, 0.4) is 0 Å². The molecule has 3 atom stereocenters. The van der Waals surface area contributed by atoms with Gasteiger partial charge in [-0.1, -0.05) is 120 Å². The first-order valence-electron chi connectivity index (χ1n) is 15.8. The summed E-state index contributed by atoms with van der Waals surface area (Å²) in [5.74, 6) is 6.27. The van der Waals surface area contributed by atoms with E-state index in [1.54, 1.807) is 0 Å². The first kappa shape index (κ1) is 32.2. The topological polar surface area (TPSA) is 47.9 Å². The number of hydrogen-bond acceptors (Lipinski definition) is 4. The Morgan fingerprint density at radius 3 is 2.08 bits per heavy atom. The molecule has 0 radical (unpaired) electrons. The molecular formula is C36H52O4. The maximum absolute atomic E-state index is 10.6. The molecule has 1 unspecified atom stereocenters. The lowest BCUT2D eigenvalue weighted by molar-refractivity contribution is -0.302. The van der Waals surface area contributed by atoms with Crippen LogP contribution < -0.4 is 4.74 Å². The van der Waals surface area contributed by atoms with Crippen molar-refractivity contribution >= 4 is 0 Å². The molecule has 1 fully saturated rings. The molecule has 2 aromatic carbocycles. The number of unbranched alkanes of at least 4 members (excludes halogenated alkanes) is 10. The zero-order valence-corrected chi connectivity index (χ0v) is 25.2. The second-order valence-corrected chi connectivity index (χ2v) is 11.8. The quantitative estimate of drug-likeness (QED) is 0.158. The van der Waals surface area contributed by atoms with Crippen LogP contribution >= 0.6 is 0 Å². The summed E-state index contributed by atoms with van der Waals surface area (Å²) in [6.45, 7) is 6.77. The van der Waals surface area contributed by atoms with Crippen LogP contribution in [0.25, 0.3) is 0 Å². The van der Waals surface area contributed by atoms with Crippen molar-refractivity contribution in [3.8, 4) is 17.6 Å². The Kier molecular flexibility index (Phi) is 14.6. The molecule has 1 N–H and O–H groups in total. The van der Waals surface area contributed by atoms with Gasteiger partial charge in [-0.15, -0.1) is 0 Å². The van der Waals surface area contributed by atoms with Crippen LogP contribution in [0, 0.1) is 11.8 Å². The number of benzene rings is 2. The van der Waals surface area contributed by atoms with Crippen molar-refractivity contribution < 1.29 is 19.3 Å². The van der Waals surface area contributed by atoms with Gasteiger partial charge >= 0.3 is 0 Å². The SMILES string of the molecule is CCCCCCCCCCCCC[C@@H]1C[C@H](CC(O)C#Cc2ccc(OCc3ccccc3)cc2)OC(C)(C)O1. The van der Waals surface area contributed by atoms with Crippen LogP contribution in [0.2, 0.25) is 0 Å². The highest BCUT2D eigenvalue weighted by atomic mass is 16.7. The molecule has 220 valence electrons. The van der Waals surface area contributed by atoms with Crippen LogP contribution in [0.4, 0.5) is 0 Å². The van der Waals surface area contributed by atoms with Gasteiger partial charge in [-0.2, -0.15) is 0 Å². The molecule has 0 spiro atoms. The van der Waals surface area contributed by atoms with Crippen LogP contribution in [0.15, 0.2) is 54.6 Å². The van der Waals surface area contributed by atoms with Crippen LogP contribution in [0.1, 0.15) is 122 Å². The molecule has 0 aromatic heterocycles. The molecule has 0 saturated carbocycles. The van der Waals surface area contributed by atoms with Gasteiger partial charge in [-0.05, 0) is 50.1 Å². The monoisotopic (exact) mass is 548 g/mol. The Labute approximate surface area is 243 Å². The van der Waals surface area contributed by atoms with E-state index in [4.69, 9.17) is 14.2 Å². The van der Waals surface area contributed by atoms with Gasteiger partial charge in [0.1, 0.15) is 18.5 Å². The number of ether oxygens (including phenoxy) is 3. The van der Waals surface area contributed by atoms with Crippen molar-refractivity contribution in [2.45, 2.75) is 141 Å². The molecule has 1 aliphatic rings. The summed E-state index contributed by atoms with van der Waals surface area (Å²) in [4.78, 5) is 0. The average Bonchev–Trinajstić information content (AvgIpc) is 2.94. The summed E-state index contributed by atoms with van der Waals surface area (Å²) in [6, 6.07) is 17.8. The van der Waals surface area contributed by atoms with Gasteiger partial charge in [0.15, 0.2) is 5.79 Å². The van der Waals surface area contributed by atoms with E-state index in [1.807, 2.05) is 68.4 Å². The number of aliphatic hydroxyl groups excluding tert-OH is 1. The number of hydrogen-bond donors (Lipinski definition) is 1. The fourth-order valence-electron chi connectivity index (χ4n) is 5.43. The van der Waals surface area contributed by atoms with Gasteiger partial charge in [0, 0.05) is 18.4 Å². The lowest BCUT2D eigenvalue weighted by atomic mass is 9.98.